The third-order valence-electron chi connectivity index (χ3n) is 11.9. The Balaban J connectivity index is 0.000000162. The molecule has 8 aromatic rings. The average Bonchev–Trinajstić information content (AvgIpc) is 3.88. The van der Waals surface area contributed by atoms with E-state index in [1.54, 1.807) is 12.4 Å². The predicted molar refractivity (Wildman–Crippen MR) is 243 cm³/mol. The van der Waals surface area contributed by atoms with E-state index in [2.05, 4.69) is 9.97 Å². The van der Waals surface area contributed by atoms with Crippen LogP contribution in [0.1, 0.15) is 60.3 Å². The third-order valence-corrected chi connectivity index (χ3v) is 12.4. The summed E-state index contributed by atoms with van der Waals surface area (Å²) < 4.78 is 25.7. The van der Waals surface area contributed by atoms with E-state index in [4.69, 9.17) is 52.1 Å². The van der Waals surface area contributed by atoms with Gasteiger partial charge in [0.2, 0.25) is 0 Å². The van der Waals surface area contributed by atoms with Gasteiger partial charge in [0.05, 0.1) is 37.4 Å². The molecule has 0 amide bonds. The fraction of sp³-hybridized carbons (Fsp3) is 0.240. The van der Waals surface area contributed by atoms with Crippen molar-refractivity contribution in [3.8, 4) is 34.0 Å². The molecule has 14 heteroatoms. The third kappa shape index (κ3) is 8.89. The van der Waals surface area contributed by atoms with E-state index in [1.807, 2.05) is 130 Å². The number of halogens is 2. The van der Waals surface area contributed by atoms with E-state index in [-0.39, 0.29) is 35.6 Å². The first-order chi connectivity index (χ1) is 31.3. The molecule has 4 aromatic carbocycles. The van der Waals surface area contributed by atoms with Gasteiger partial charge < -0.3 is 18.9 Å². The SMILES string of the molecule is COC(=O)C1CC(c2nc(-c3cccc(OCc4ccccc4)c3)c3c(Cl)nccn23)C1.COC(=O)C1CC(c2nc(-c3cccc(OCc4ccccc4)c3)c3c(Cl)nccn23)C1. The van der Waals surface area contributed by atoms with Crippen molar-refractivity contribution < 1.29 is 28.5 Å². The standard InChI is InChI=1S/2C25H22ClN3O3/c2*1-31-25(30)19-12-18(13-19)24-28-21(22-23(26)27-10-11-29(22)24)17-8-5-9-20(14-17)32-15-16-6-3-2-4-7-16/h2*2-11,14,18-19H,12-13,15H2,1H3. The number of aromatic nitrogens is 6. The van der Waals surface area contributed by atoms with Gasteiger partial charge in [0.1, 0.15) is 47.4 Å². The lowest BCUT2D eigenvalue weighted by Gasteiger charge is -2.32. The van der Waals surface area contributed by atoms with Crippen LogP contribution in [0.3, 0.4) is 0 Å². The lowest BCUT2D eigenvalue weighted by atomic mass is 9.74. The number of imidazole rings is 2. The molecule has 10 rings (SSSR count). The molecule has 324 valence electrons. The van der Waals surface area contributed by atoms with Gasteiger partial charge >= 0.3 is 11.9 Å². The van der Waals surface area contributed by atoms with E-state index in [0.717, 1.165) is 67.8 Å². The molecule has 2 aliphatic rings. The molecule has 0 spiro atoms. The molecule has 0 unspecified atom stereocenters. The first kappa shape index (κ1) is 42.5. The molecule has 2 fully saturated rings. The number of esters is 2. The van der Waals surface area contributed by atoms with Crippen LogP contribution in [0.15, 0.2) is 134 Å². The van der Waals surface area contributed by atoms with Gasteiger partial charge in [-0.1, -0.05) is 108 Å². The highest BCUT2D eigenvalue weighted by atomic mass is 35.5. The number of fused-ring (bicyclic) bond motifs is 2. The van der Waals surface area contributed by atoms with Gasteiger partial charge in [-0.05, 0) is 61.1 Å². The second-order valence-corrected chi connectivity index (χ2v) is 16.6. The second kappa shape index (κ2) is 18.9. The Hall–Kier alpha value is -6.76. The normalized spacial score (nSPS) is 17.7. The summed E-state index contributed by atoms with van der Waals surface area (Å²) in [6, 6.07) is 35.7. The lowest BCUT2D eigenvalue weighted by Crippen LogP contribution is -2.31. The van der Waals surface area contributed by atoms with Crippen LogP contribution in [-0.2, 0) is 32.3 Å². The summed E-state index contributed by atoms with van der Waals surface area (Å²) in [6.45, 7) is 0.970. The van der Waals surface area contributed by atoms with Crippen LogP contribution < -0.4 is 9.47 Å². The number of rotatable bonds is 12. The van der Waals surface area contributed by atoms with E-state index < -0.39 is 0 Å². The number of methoxy groups -OCH3 is 2. The topological polar surface area (TPSA) is 131 Å². The van der Waals surface area contributed by atoms with Gasteiger partial charge in [-0.3, -0.25) is 18.4 Å². The van der Waals surface area contributed by atoms with Crippen molar-refractivity contribution in [1.82, 2.24) is 28.7 Å². The number of hydrogen-bond acceptors (Lipinski definition) is 10. The Kier molecular flexibility index (Phi) is 12.6. The molecular weight excluding hydrogens is 851 g/mol. The first-order valence-corrected chi connectivity index (χ1v) is 21.8. The zero-order chi connectivity index (χ0) is 44.2. The number of ether oxygens (including phenoxy) is 4. The fourth-order valence-electron chi connectivity index (χ4n) is 8.35. The van der Waals surface area contributed by atoms with Crippen LogP contribution in [0.5, 0.6) is 11.5 Å². The van der Waals surface area contributed by atoms with Gasteiger partial charge in [0.25, 0.3) is 0 Å². The van der Waals surface area contributed by atoms with Gasteiger partial charge in [-0.25, -0.2) is 19.9 Å². The maximum absolute atomic E-state index is 11.8. The zero-order valence-corrected chi connectivity index (χ0v) is 36.7. The van der Waals surface area contributed by atoms with Crippen molar-refractivity contribution in [2.24, 2.45) is 11.8 Å². The van der Waals surface area contributed by atoms with E-state index in [0.29, 0.717) is 49.2 Å². The number of carbonyl (C=O) groups is 2. The number of nitrogens with zero attached hydrogens (tertiary/aromatic N) is 6. The Labute approximate surface area is 379 Å². The van der Waals surface area contributed by atoms with Crippen molar-refractivity contribution in [3.63, 3.8) is 0 Å². The summed E-state index contributed by atoms with van der Waals surface area (Å²) in [6.07, 6.45) is 9.93. The summed E-state index contributed by atoms with van der Waals surface area (Å²) in [5, 5.41) is 0.779. The van der Waals surface area contributed by atoms with Crippen LogP contribution >= 0.6 is 23.2 Å². The average molecular weight is 896 g/mol. The number of benzene rings is 4. The zero-order valence-electron chi connectivity index (χ0n) is 35.1. The number of hydrogen-bond donors (Lipinski definition) is 0. The van der Waals surface area contributed by atoms with E-state index in [1.165, 1.54) is 14.2 Å². The van der Waals surface area contributed by atoms with Gasteiger partial charge in [0.15, 0.2) is 10.3 Å². The summed E-state index contributed by atoms with van der Waals surface area (Å²) in [4.78, 5) is 42.1. The molecule has 0 atom stereocenters. The van der Waals surface area contributed by atoms with Crippen molar-refractivity contribution >= 4 is 46.2 Å². The molecular formula is C50H44Cl2N6O6. The smallest absolute Gasteiger partial charge is 0.308 e. The Morgan fingerprint density at radius 3 is 1.38 bits per heavy atom. The van der Waals surface area contributed by atoms with Crippen LogP contribution in [0.4, 0.5) is 0 Å². The molecule has 0 N–H and O–H groups in total. The maximum atomic E-state index is 11.8. The molecule has 2 aliphatic carbocycles. The quantitative estimate of drug-likeness (QED) is 0.109. The van der Waals surface area contributed by atoms with Gasteiger partial charge in [0, 0.05) is 47.8 Å². The van der Waals surface area contributed by atoms with Crippen LogP contribution in [0.2, 0.25) is 10.3 Å². The van der Waals surface area contributed by atoms with Gasteiger partial charge in [-0.2, -0.15) is 0 Å². The molecule has 0 radical (unpaired) electrons. The minimum atomic E-state index is -0.162. The summed E-state index contributed by atoms with van der Waals surface area (Å²) in [7, 11) is 2.86. The Morgan fingerprint density at radius 2 is 0.984 bits per heavy atom. The molecule has 0 aliphatic heterocycles. The molecule has 0 saturated heterocycles. The lowest BCUT2D eigenvalue weighted by molar-refractivity contribution is -0.149. The Morgan fingerprint density at radius 1 is 0.578 bits per heavy atom. The fourth-order valence-corrected chi connectivity index (χ4v) is 8.83. The van der Waals surface area contributed by atoms with Crippen molar-refractivity contribution in [3.05, 3.63) is 167 Å². The molecule has 64 heavy (non-hydrogen) atoms. The van der Waals surface area contributed by atoms with Crippen molar-refractivity contribution in [2.75, 3.05) is 14.2 Å². The maximum Gasteiger partial charge on any atom is 0.308 e. The highest BCUT2D eigenvalue weighted by molar-refractivity contribution is 6.33. The highest BCUT2D eigenvalue weighted by Gasteiger charge is 2.40. The van der Waals surface area contributed by atoms with E-state index in [9.17, 15) is 9.59 Å². The largest absolute Gasteiger partial charge is 0.489 e. The van der Waals surface area contributed by atoms with Crippen LogP contribution in [0.25, 0.3) is 33.5 Å². The van der Waals surface area contributed by atoms with Gasteiger partial charge in [-0.15, -0.1) is 0 Å². The first-order valence-electron chi connectivity index (χ1n) is 21.0. The highest BCUT2D eigenvalue weighted by Crippen LogP contribution is 2.45. The molecule has 2 saturated carbocycles. The predicted octanol–water partition coefficient (Wildman–Crippen LogP) is 10.6. The van der Waals surface area contributed by atoms with Crippen molar-refractivity contribution in [1.29, 1.82) is 0 Å². The van der Waals surface area contributed by atoms with Crippen LogP contribution in [-0.4, -0.2) is 54.9 Å². The van der Waals surface area contributed by atoms with Crippen molar-refractivity contribution in [2.45, 2.75) is 50.7 Å². The Bertz CT molecular complexity index is 2730. The van der Waals surface area contributed by atoms with E-state index >= 15 is 0 Å². The second-order valence-electron chi connectivity index (χ2n) is 15.9. The monoisotopic (exact) mass is 894 g/mol. The summed E-state index contributed by atoms with van der Waals surface area (Å²) in [5.74, 6) is 3.13. The molecule has 4 aromatic heterocycles. The minimum absolute atomic E-state index is 0.0761. The number of carbonyl (C=O) groups excluding carboxylic acids is 2. The minimum Gasteiger partial charge on any atom is -0.489 e. The molecule has 4 heterocycles. The summed E-state index contributed by atoms with van der Waals surface area (Å²) in [5.41, 5.74) is 7.03. The summed E-state index contributed by atoms with van der Waals surface area (Å²) >= 11 is 13.0. The molecule has 12 nitrogen and oxygen atoms in total. The van der Waals surface area contributed by atoms with Crippen LogP contribution in [0, 0.1) is 11.8 Å². The molecule has 0 bridgehead atoms.